The smallest absolute Gasteiger partial charge is 0.305 e. The molecule has 218 valence electrons. The first-order chi connectivity index (χ1) is 20.0. The number of allylic oxidation sites excluding steroid dienone is 3. The zero-order chi connectivity index (χ0) is 30.3. The number of fused-ring (bicyclic) bond motifs is 8. The van der Waals surface area contributed by atoms with E-state index in [1.807, 2.05) is 45.0 Å². The number of carbonyl (C=O) groups excluding carboxylic acids is 2. The standard InChI is InChI=1S/C32H32Br2N4O4/c1-15-19(7-9-29(39)41-5)25-14-26-20(8-10-30(40)42-6)16(2)22(36-26)12-27-32(34)18(4)24(38-27)13-28-31(33)17(3)23(37-28)11-21(15)35-25/h11-14,36-37H,7-10H2,1-6H3. The number of nitrogens with zero attached hydrogens (tertiary/aromatic N) is 2. The number of aryl methyl sites for hydroxylation is 3. The molecule has 2 aliphatic heterocycles. The maximum absolute atomic E-state index is 12.1. The minimum absolute atomic E-state index is 0.242. The van der Waals surface area contributed by atoms with Gasteiger partial charge >= 0.3 is 11.9 Å². The molecule has 0 aliphatic carbocycles. The number of hydrogen-bond acceptors (Lipinski definition) is 6. The van der Waals surface area contributed by atoms with Gasteiger partial charge in [0, 0.05) is 38.3 Å². The van der Waals surface area contributed by atoms with Gasteiger partial charge in [0.2, 0.25) is 0 Å². The molecule has 0 fully saturated rings. The summed E-state index contributed by atoms with van der Waals surface area (Å²) in [5, 5.41) is 0. The number of methoxy groups -OCH3 is 2. The van der Waals surface area contributed by atoms with Gasteiger partial charge in [0.25, 0.3) is 0 Å². The zero-order valence-corrected chi connectivity index (χ0v) is 27.6. The summed E-state index contributed by atoms with van der Waals surface area (Å²) in [6.45, 7) is 8.17. The number of H-pyrrole nitrogens is 2. The molecule has 42 heavy (non-hydrogen) atoms. The van der Waals surface area contributed by atoms with Crippen molar-refractivity contribution in [3.63, 3.8) is 0 Å². The second-order valence-corrected chi connectivity index (χ2v) is 12.1. The first-order valence-electron chi connectivity index (χ1n) is 13.6. The van der Waals surface area contributed by atoms with Crippen LogP contribution in [0.4, 0.5) is 0 Å². The second kappa shape index (κ2) is 12.0. The SMILES string of the molecule is COC(=O)CCC1=C(C)c2cc3[nH]c(cc4nc(cc5[nH]c(cc1n2)c(CCC(=O)OC)c5C)C(Br)=C4C)c(Br)c3C. The Bertz CT molecular complexity index is 1860. The number of aromatic amines is 2. The molecule has 8 nitrogen and oxygen atoms in total. The van der Waals surface area contributed by atoms with Gasteiger partial charge in [0.05, 0.1) is 42.5 Å². The Hall–Kier alpha value is -3.50. The van der Waals surface area contributed by atoms with E-state index in [4.69, 9.17) is 19.4 Å². The van der Waals surface area contributed by atoms with E-state index in [1.54, 1.807) is 0 Å². The molecule has 5 rings (SSSR count). The molecule has 0 spiro atoms. The second-order valence-electron chi connectivity index (χ2n) is 10.5. The van der Waals surface area contributed by atoms with Gasteiger partial charge in [-0.2, -0.15) is 0 Å². The van der Waals surface area contributed by atoms with Crippen molar-refractivity contribution in [2.24, 2.45) is 0 Å². The Morgan fingerprint density at radius 3 is 1.90 bits per heavy atom. The summed E-state index contributed by atoms with van der Waals surface area (Å²) >= 11 is 7.53. The van der Waals surface area contributed by atoms with Crippen LogP contribution in [0, 0.1) is 13.8 Å². The summed E-state index contributed by atoms with van der Waals surface area (Å²) in [5.41, 5.74) is 12.9. The predicted octanol–water partition coefficient (Wildman–Crippen LogP) is 7.97. The van der Waals surface area contributed by atoms with E-state index in [9.17, 15) is 9.59 Å². The van der Waals surface area contributed by atoms with Crippen molar-refractivity contribution in [1.29, 1.82) is 0 Å². The van der Waals surface area contributed by atoms with Crippen molar-refractivity contribution in [3.05, 3.63) is 68.2 Å². The van der Waals surface area contributed by atoms with Crippen LogP contribution < -0.4 is 0 Å². The topological polar surface area (TPSA) is 110 Å². The Kier molecular flexibility index (Phi) is 8.57. The van der Waals surface area contributed by atoms with Crippen molar-refractivity contribution in [3.8, 4) is 0 Å². The van der Waals surface area contributed by atoms with Crippen molar-refractivity contribution < 1.29 is 19.1 Å². The number of nitrogens with one attached hydrogen (secondary N) is 2. The van der Waals surface area contributed by atoms with Crippen LogP contribution in [-0.4, -0.2) is 46.1 Å². The molecule has 0 amide bonds. The number of carbonyl (C=O) groups is 2. The van der Waals surface area contributed by atoms with Crippen molar-refractivity contribution in [2.75, 3.05) is 14.2 Å². The van der Waals surface area contributed by atoms with Crippen LogP contribution in [0.25, 0.3) is 43.3 Å². The fourth-order valence-electron chi connectivity index (χ4n) is 5.34. The third-order valence-corrected chi connectivity index (χ3v) is 10.0. The summed E-state index contributed by atoms with van der Waals surface area (Å²) < 4.78 is 11.7. The average molecular weight is 696 g/mol. The van der Waals surface area contributed by atoms with E-state index in [2.05, 4.69) is 48.8 Å². The van der Waals surface area contributed by atoms with Crippen molar-refractivity contribution in [2.45, 2.75) is 53.4 Å². The van der Waals surface area contributed by atoms with Crippen LogP contribution in [0.2, 0.25) is 0 Å². The highest BCUT2D eigenvalue weighted by Gasteiger charge is 2.21. The van der Waals surface area contributed by atoms with Crippen LogP contribution in [-0.2, 0) is 25.5 Å². The van der Waals surface area contributed by atoms with Crippen LogP contribution in [0.15, 0.2) is 28.7 Å². The summed E-state index contributed by atoms with van der Waals surface area (Å²) in [6, 6.07) is 8.12. The van der Waals surface area contributed by atoms with E-state index in [0.29, 0.717) is 12.8 Å². The lowest BCUT2D eigenvalue weighted by atomic mass is 10.0. The molecule has 0 aromatic carbocycles. The van der Waals surface area contributed by atoms with E-state index in [1.165, 1.54) is 14.2 Å². The third-order valence-electron chi connectivity index (χ3n) is 7.99. The van der Waals surface area contributed by atoms with E-state index >= 15 is 0 Å². The van der Waals surface area contributed by atoms with Crippen LogP contribution in [0.3, 0.4) is 0 Å². The van der Waals surface area contributed by atoms with Gasteiger partial charge < -0.3 is 19.4 Å². The molecule has 2 aliphatic rings. The molecular weight excluding hydrogens is 664 g/mol. The fourth-order valence-corrected chi connectivity index (χ4v) is 6.17. The van der Waals surface area contributed by atoms with Crippen molar-refractivity contribution in [1.82, 2.24) is 19.9 Å². The Morgan fingerprint density at radius 1 is 0.690 bits per heavy atom. The molecular formula is C32H32Br2N4O4. The van der Waals surface area contributed by atoms with Crippen LogP contribution >= 0.6 is 31.9 Å². The zero-order valence-electron chi connectivity index (χ0n) is 24.4. The molecule has 8 bridgehead atoms. The van der Waals surface area contributed by atoms with E-state index in [0.717, 1.165) is 87.2 Å². The maximum Gasteiger partial charge on any atom is 0.305 e. The molecule has 0 saturated carbocycles. The highest BCUT2D eigenvalue weighted by atomic mass is 79.9. The molecule has 0 atom stereocenters. The summed E-state index contributed by atoms with van der Waals surface area (Å²) in [4.78, 5) is 41.3. The average Bonchev–Trinajstić information content (AvgIpc) is 3.61. The first-order valence-corrected chi connectivity index (χ1v) is 15.2. The number of halogens is 2. The van der Waals surface area contributed by atoms with E-state index in [-0.39, 0.29) is 24.8 Å². The van der Waals surface area contributed by atoms with Gasteiger partial charge in [-0.3, -0.25) is 9.59 Å². The molecule has 3 aromatic rings. The lowest BCUT2D eigenvalue weighted by Crippen LogP contribution is -2.02. The third kappa shape index (κ3) is 5.62. The number of hydrogen-bond donors (Lipinski definition) is 2. The summed E-state index contributed by atoms with van der Waals surface area (Å²) in [6.07, 6.45) is 1.47. The Labute approximate surface area is 260 Å². The number of ether oxygens (including phenoxy) is 2. The fraction of sp³-hybridized carbons (Fsp3) is 0.312. The van der Waals surface area contributed by atoms with Crippen molar-refractivity contribution >= 4 is 87.1 Å². The summed E-state index contributed by atoms with van der Waals surface area (Å²) in [5.74, 6) is -0.547. The minimum Gasteiger partial charge on any atom is -0.469 e. The van der Waals surface area contributed by atoms with Crippen LogP contribution in [0.1, 0.15) is 72.6 Å². The number of rotatable bonds is 6. The Morgan fingerprint density at radius 2 is 1.21 bits per heavy atom. The lowest BCUT2D eigenvalue weighted by Gasteiger charge is -2.04. The number of aromatic nitrogens is 4. The first kappa shape index (κ1) is 30.0. The van der Waals surface area contributed by atoms with Gasteiger partial charge in [-0.15, -0.1) is 0 Å². The van der Waals surface area contributed by atoms with Gasteiger partial charge in [-0.05, 0) is 130 Å². The summed E-state index contributed by atoms with van der Waals surface area (Å²) in [7, 11) is 2.80. The molecule has 0 radical (unpaired) electrons. The largest absolute Gasteiger partial charge is 0.469 e. The lowest BCUT2D eigenvalue weighted by molar-refractivity contribution is -0.141. The highest BCUT2D eigenvalue weighted by Crippen LogP contribution is 2.38. The molecule has 0 unspecified atom stereocenters. The highest BCUT2D eigenvalue weighted by molar-refractivity contribution is 9.15. The van der Waals surface area contributed by atoms with Gasteiger partial charge in [0.15, 0.2) is 0 Å². The van der Waals surface area contributed by atoms with Gasteiger partial charge in [-0.1, -0.05) is 0 Å². The molecule has 0 saturated heterocycles. The quantitative estimate of drug-likeness (QED) is 0.253. The van der Waals surface area contributed by atoms with Gasteiger partial charge in [-0.25, -0.2) is 9.97 Å². The number of esters is 2. The minimum atomic E-state index is -0.275. The normalized spacial score (nSPS) is 13.1. The van der Waals surface area contributed by atoms with Gasteiger partial charge in [0.1, 0.15) is 0 Å². The molecule has 2 N–H and O–H groups in total. The monoisotopic (exact) mass is 694 g/mol. The predicted molar refractivity (Wildman–Crippen MR) is 174 cm³/mol. The Balaban J connectivity index is 1.87. The van der Waals surface area contributed by atoms with Crippen LogP contribution in [0.5, 0.6) is 0 Å². The van der Waals surface area contributed by atoms with E-state index < -0.39 is 0 Å². The molecule has 3 aromatic heterocycles. The molecule has 10 heteroatoms. The maximum atomic E-state index is 12.1. The molecule has 5 heterocycles.